The number of nitrogens with zero attached hydrogens (tertiary/aromatic N) is 1. The van der Waals surface area contributed by atoms with Gasteiger partial charge >= 0.3 is 5.97 Å². The van der Waals surface area contributed by atoms with E-state index in [-0.39, 0.29) is 17.4 Å². The average Bonchev–Trinajstić information content (AvgIpc) is 3.31. The molecule has 1 aromatic heterocycles. The molecule has 0 radical (unpaired) electrons. The Balaban J connectivity index is 0.000000279. The van der Waals surface area contributed by atoms with Gasteiger partial charge in [-0.05, 0) is 42.9 Å². The topological polar surface area (TPSA) is 104 Å². The van der Waals surface area contributed by atoms with Crippen LogP contribution >= 0.6 is 12.6 Å². The number of carbonyl (C=O) groups is 2. The third kappa shape index (κ3) is 9.20. The van der Waals surface area contributed by atoms with Crippen LogP contribution in [0.5, 0.6) is 6.01 Å². The number of rotatable bonds is 12. The van der Waals surface area contributed by atoms with Gasteiger partial charge in [0.1, 0.15) is 5.82 Å². The summed E-state index contributed by atoms with van der Waals surface area (Å²) in [5.74, 6) is -0.424. The molecule has 9 heteroatoms. The quantitative estimate of drug-likeness (QED) is 0.205. The second-order valence-corrected chi connectivity index (χ2v) is 9.59. The van der Waals surface area contributed by atoms with E-state index in [2.05, 4.69) is 48.7 Å². The molecule has 2 aromatic carbocycles. The number of imidazole rings is 1. The molecule has 206 valence electrons. The highest BCUT2D eigenvalue weighted by Crippen LogP contribution is 2.26. The summed E-state index contributed by atoms with van der Waals surface area (Å²) < 4.78 is 19.0. The molecule has 38 heavy (non-hydrogen) atoms. The second kappa shape index (κ2) is 15.8. The van der Waals surface area contributed by atoms with Gasteiger partial charge in [0.15, 0.2) is 0 Å². The van der Waals surface area contributed by atoms with Gasteiger partial charge in [0.05, 0.1) is 30.1 Å². The Morgan fingerprint density at radius 1 is 1.11 bits per heavy atom. The molecule has 0 aliphatic rings. The second-order valence-electron chi connectivity index (χ2n) is 9.23. The summed E-state index contributed by atoms with van der Waals surface area (Å²) in [5, 5.41) is 12.0. The SMILES string of the molecule is CCCOc1nc(CC)c(CNC(=O)[C@@H](CS)CC(C)C)[nH]1.O=C(O)c1ccccc1-c1ccccc1F. The normalized spacial score (nSPS) is 11.4. The minimum Gasteiger partial charge on any atom is -0.478 e. The van der Waals surface area contributed by atoms with E-state index in [4.69, 9.17) is 9.84 Å². The first kappa shape index (κ1) is 30.9. The monoisotopic (exact) mass is 543 g/mol. The van der Waals surface area contributed by atoms with Crippen molar-refractivity contribution in [2.75, 3.05) is 12.4 Å². The molecule has 3 N–H and O–H groups in total. The van der Waals surface area contributed by atoms with Crippen LogP contribution in [0, 0.1) is 17.7 Å². The largest absolute Gasteiger partial charge is 0.478 e. The van der Waals surface area contributed by atoms with Crippen LogP contribution in [0.15, 0.2) is 48.5 Å². The first-order valence-electron chi connectivity index (χ1n) is 12.9. The zero-order chi connectivity index (χ0) is 28.1. The highest BCUT2D eigenvalue weighted by atomic mass is 32.1. The minimum absolute atomic E-state index is 0.0489. The van der Waals surface area contributed by atoms with E-state index in [1.54, 1.807) is 36.4 Å². The number of carboxylic acids is 1. The lowest BCUT2D eigenvalue weighted by Gasteiger charge is -2.16. The first-order chi connectivity index (χ1) is 18.2. The zero-order valence-electron chi connectivity index (χ0n) is 22.5. The number of amides is 1. The van der Waals surface area contributed by atoms with Crippen molar-refractivity contribution in [2.24, 2.45) is 11.8 Å². The van der Waals surface area contributed by atoms with Gasteiger partial charge in [-0.2, -0.15) is 12.6 Å². The van der Waals surface area contributed by atoms with Gasteiger partial charge in [-0.15, -0.1) is 0 Å². The maximum absolute atomic E-state index is 13.5. The fraction of sp³-hybridized carbons (Fsp3) is 0.414. The molecule has 0 aliphatic heterocycles. The Kier molecular flexibility index (Phi) is 12.9. The predicted molar refractivity (Wildman–Crippen MR) is 151 cm³/mol. The number of halogens is 1. The third-order valence-corrected chi connectivity index (χ3v) is 6.17. The van der Waals surface area contributed by atoms with Crippen LogP contribution in [-0.2, 0) is 17.8 Å². The van der Waals surface area contributed by atoms with Gasteiger partial charge in [-0.3, -0.25) is 4.79 Å². The Labute approximate surface area is 229 Å². The van der Waals surface area contributed by atoms with Crippen LogP contribution in [0.4, 0.5) is 4.39 Å². The number of hydrogen-bond acceptors (Lipinski definition) is 5. The number of aromatic carboxylic acids is 1. The third-order valence-electron chi connectivity index (χ3n) is 5.73. The molecule has 0 unspecified atom stereocenters. The molecule has 1 amide bonds. The van der Waals surface area contributed by atoms with Crippen molar-refractivity contribution in [3.05, 3.63) is 71.3 Å². The summed E-state index contributed by atoms with van der Waals surface area (Å²) in [4.78, 5) is 30.8. The lowest BCUT2D eigenvalue weighted by atomic mass is 9.98. The highest BCUT2D eigenvalue weighted by Gasteiger charge is 2.19. The van der Waals surface area contributed by atoms with Gasteiger partial charge < -0.3 is 20.1 Å². The van der Waals surface area contributed by atoms with E-state index < -0.39 is 11.8 Å². The standard InChI is InChI=1S/C16H29N3O2S.C13H9FO2/c1-5-7-21-16-18-13(6-2)14(19-16)9-17-15(20)12(10-22)8-11(3)4;14-12-8-4-3-6-10(12)9-5-1-2-7-11(9)13(15)16/h11-12,22H,5-10H2,1-4H3,(H,17,20)(H,18,19);1-8H,(H,15,16)/t12-;/m1./s1. The number of aryl methyl sites for hydroxylation is 1. The van der Waals surface area contributed by atoms with E-state index in [0.29, 0.717) is 42.0 Å². The molecule has 7 nitrogen and oxygen atoms in total. The maximum atomic E-state index is 13.5. The molecule has 0 spiro atoms. The highest BCUT2D eigenvalue weighted by molar-refractivity contribution is 7.80. The van der Waals surface area contributed by atoms with Crippen LogP contribution in [0.2, 0.25) is 0 Å². The molecule has 1 atom stereocenters. The number of hydrogen-bond donors (Lipinski definition) is 4. The summed E-state index contributed by atoms with van der Waals surface area (Å²) in [6.45, 7) is 9.42. The fourth-order valence-corrected chi connectivity index (χ4v) is 4.18. The van der Waals surface area contributed by atoms with Crippen LogP contribution in [-0.4, -0.2) is 39.3 Å². The molecule has 0 aliphatic carbocycles. The van der Waals surface area contributed by atoms with Gasteiger partial charge in [0.2, 0.25) is 5.91 Å². The predicted octanol–water partition coefficient (Wildman–Crippen LogP) is 6.16. The fourth-order valence-electron chi connectivity index (χ4n) is 3.86. The van der Waals surface area contributed by atoms with Crippen LogP contribution in [0.1, 0.15) is 62.3 Å². The van der Waals surface area contributed by atoms with Crippen molar-refractivity contribution in [2.45, 2.75) is 53.5 Å². The zero-order valence-corrected chi connectivity index (χ0v) is 23.4. The lowest BCUT2D eigenvalue weighted by Crippen LogP contribution is -2.32. The summed E-state index contributed by atoms with van der Waals surface area (Å²) >= 11 is 4.29. The number of aromatic amines is 1. The Bertz CT molecular complexity index is 1180. The minimum atomic E-state index is -1.06. The molecule has 3 aromatic rings. The average molecular weight is 544 g/mol. The van der Waals surface area contributed by atoms with E-state index in [9.17, 15) is 14.0 Å². The van der Waals surface area contributed by atoms with Crippen molar-refractivity contribution in [3.63, 3.8) is 0 Å². The number of H-pyrrole nitrogens is 1. The van der Waals surface area contributed by atoms with Gasteiger partial charge in [-0.1, -0.05) is 64.1 Å². The summed E-state index contributed by atoms with van der Waals surface area (Å²) in [6.07, 6.45) is 2.59. The molecule has 1 heterocycles. The van der Waals surface area contributed by atoms with Crippen LogP contribution in [0.25, 0.3) is 11.1 Å². The smallest absolute Gasteiger partial charge is 0.336 e. The van der Waals surface area contributed by atoms with E-state index >= 15 is 0 Å². The van der Waals surface area contributed by atoms with Crippen molar-refractivity contribution in [1.29, 1.82) is 0 Å². The Morgan fingerprint density at radius 3 is 2.34 bits per heavy atom. The number of thiol groups is 1. The number of carboxylic acid groups (broad SMARTS) is 1. The summed E-state index contributed by atoms with van der Waals surface area (Å²) in [6, 6.07) is 13.0. The molecular formula is C29H38FN3O4S. The van der Waals surface area contributed by atoms with Crippen molar-refractivity contribution >= 4 is 24.5 Å². The van der Waals surface area contributed by atoms with E-state index in [1.165, 1.54) is 12.1 Å². The van der Waals surface area contributed by atoms with E-state index in [0.717, 1.165) is 30.7 Å². The molecule has 0 saturated carbocycles. The number of carbonyl (C=O) groups excluding carboxylic acids is 1. The molecule has 3 rings (SSSR count). The van der Waals surface area contributed by atoms with Gasteiger partial charge in [0, 0.05) is 17.2 Å². The van der Waals surface area contributed by atoms with Crippen molar-refractivity contribution in [3.8, 4) is 17.1 Å². The summed E-state index contributed by atoms with van der Waals surface area (Å²) in [5.41, 5.74) is 2.67. The number of aromatic nitrogens is 2. The van der Waals surface area contributed by atoms with Gasteiger partial charge in [0.25, 0.3) is 6.01 Å². The van der Waals surface area contributed by atoms with Crippen LogP contribution in [0.3, 0.4) is 0 Å². The van der Waals surface area contributed by atoms with E-state index in [1.807, 2.05) is 6.92 Å². The lowest BCUT2D eigenvalue weighted by molar-refractivity contribution is -0.124. The Hall–Kier alpha value is -3.33. The Morgan fingerprint density at radius 2 is 1.76 bits per heavy atom. The van der Waals surface area contributed by atoms with Crippen LogP contribution < -0.4 is 10.1 Å². The van der Waals surface area contributed by atoms with Crippen molar-refractivity contribution < 1.29 is 23.8 Å². The number of benzene rings is 2. The molecular weight excluding hydrogens is 505 g/mol. The summed E-state index contributed by atoms with van der Waals surface area (Å²) in [7, 11) is 0. The number of ether oxygens (including phenoxy) is 1. The van der Waals surface area contributed by atoms with Crippen molar-refractivity contribution in [1.82, 2.24) is 15.3 Å². The molecule has 0 fully saturated rings. The number of nitrogens with one attached hydrogen (secondary N) is 2. The maximum Gasteiger partial charge on any atom is 0.336 e. The first-order valence-corrected chi connectivity index (χ1v) is 13.5. The molecule has 0 bridgehead atoms. The van der Waals surface area contributed by atoms with Gasteiger partial charge in [-0.25, -0.2) is 14.2 Å². The molecule has 0 saturated heterocycles.